The first-order chi connectivity index (χ1) is 7.13. The summed E-state index contributed by atoms with van der Waals surface area (Å²) >= 11 is 1.67. The Morgan fingerprint density at radius 3 is 2.93 bits per heavy atom. The van der Waals surface area contributed by atoms with Crippen molar-refractivity contribution in [3.05, 3.63) is 16.3 Å². The van der Waals surface area contributed by atoms with Crippen molar-refractivity contribution in [3.63, 3.8) is 0 Å². The zero-order chi connectivity index (χ0) is 11.3. The van der Waals surface area contributed by atoms with Gasteiger partial charge in [-0.3, -0.25) is 4.79 Å². The Balaban J connectivity index is 2.53. The highest BCUT2D eigenvalue weighted by atomic mass is 32.1. The molecular formula is C11H18N2OS. The monoisotopic (exact) mass is 226 g/mol. The number of hydrogen-bond acceptors (Lipinski definition) is 3. The van der Waals surface area contributed by atoms with E-state index in [2.05, 4.69) is 24.5 Å². The van der Waals surface area contributed by atoms with Gasteiger partial charge in [0.05, 0.1) is 5.69 Å². The molecule has 1 amide bonds. The highest BCUT2D eigenvalue weighted by molar-refractivity contribution is 7.10. The molecule has 0 fully saturated rings. The van der Waals surface area contributed by atoms with Gasteiger partial charge in [-0.05, 0) is 24.8 Å². The SMILES string of the molecule is CCC(C)NCc1sccc1NC(C)=O. The van der Waals surface area contributed by atoms with Crippen molar-refractivity contribution < 1.29 is 4.79 Å². The molecule has 0 aliphatic carbocycles. The van der Waals surface area contributed by atoms with Crippen molar-refractivity contribution in [1.29, 1.82) is 0 Å². The Labute approximate surface area is 94.9 Å². The van der Waals surface area contributed by atoms with E-state index < -0.39 is 0 Å². The summed E-state index contributed by atoms with van der Waals surface area (Å²) in [7, 11) is 0. The van der Waals surface area contributed by atoms with E-state index in [4.69, 9.17) is 0 Å². The predicted octanol–water partition coefficient (Wildman–Crippen LogP) is 2.59. The van der Waals surface area contributed by atoms with E-state index in [1.165, 1.54) is 11.8 Å². The normalized spacial score (nSPS) is 12.5. The molecule has 1 rings (SSSR count). The standard InChI is InChI=1S/C11H18N2OS/c1-4-8(2)12-7-11-10(5-6-15-11)13-9(3)14/h5-6,8,12H,4,7H2,1-3H3,(H,13,14). The Morgan fingerprint density at radius 1 is 1.60 bits per heavy atom. The zero-order valence-corrected chi connectivity index (χ0v) is 10.3. The van der Waals surface area contributed by atoms with E-state index in [0.717, 1.165) is 18.7 Å². The quantitative estimate of drug-likeness (QED) is 0.810. The molecule has 84 valence electrons. The number of carbonyl (C=O) groups is 1. The van der Waals surface area contributed by atoms with Crippen LogP contribution in [0.1, 0.15) is 32.1 Å². The first-order valence-corrected chi connectivity index (χ1v) is 6.08. The van der Waals surface area contributed by atoms with Gasteiger partial charge in [0.15, 0.2) is 0 Å². The Morgan fingerprint density at radius 2 is 2.33 bits per heavy atom. The number of thiophene rings is 1. The van der Waals surface area contributed by atoms with Crippen molar-refractivity contribution in [2.75, 3.05) is 5.32 Å². The van der Waals surface area contributed by atoms with E-state index in [-0.39, 0.29) is 5.91 Å². The van der Waals surface area contributed by atoms with Crippen molar-refractivity contribution in [2.45, 2.75) is 39.8 Å². The van der Waals surface area contributed by atoms with Crippen LogP contribution in [0.3, 0.4) is 0 Å². The third kappa shape index (κ3) is 4.01. The average Bonchev–Trinajstić information content (AvgIpc) is 2.61. The van der Waals surface area contributed by atoms with Crippen LogP contribution in [0.5, 0.6) is 0 Å². The number of amides is 1. The first kappa shape index (κ1) is 12.2. The molecule has 1 unspecified atom stereocenters. The molecule has 4 heteroatoms. The highest BCUT2D eigenvalue weighted by Crippen LogP contribution is 2.22. The van der Waals surface area contributed by atoms with Crippen LogP contribution in [0.2, 0.25) is 0 Å². The van der Waals surface area contributed by atoms with Gasteiger partial charge in [0.2, 0.25) is 5.91 Å². The molecule has 3 nitrogen and oxygen atoms in total. The smallest absolute Gasteiger partial charge is 0.221 e. The summed E-state index contributed by atoms with van der Waals surface area (Å²) in [6.07, 6.45) is 1.11. The molecule has 0 spiro atoms. The van der Waals surface area contributed by atoms with Gasteiger partial charge in [0.1, 0.15) is 0 Å². The van der Waals surface area contributed by atoms with Gasteiger partial charge in [-0.1, -0.05) is 6.92 Å². The second-order valence-electron chi connectivity index (χ2n) is 3.63. The number of rotatable bonds is 5. The van der Waals surface area contributed by atoms with E-state index in [0.29, 0.717) is 6.04 Å². The third-order valence-corrected chi connectivity index (χ3v) is 3.20. The largest absolute Gasteiger partial charge is 0.325 e. The van der Waals surface area contributed by atoms with Gasteiger partial charge in [0, 0.05) is 24.4 Å². The lowest BCUT2D eigenvalue weighted by atomic mass is 10.2. The molecule has 2 N–H and O–H groups in total. The second kappa shape index (κ2) is 5.88. The summed E-state index contributed by atoms with van der Waals surface area (Å²) in [5.41, 5.74) is 0.934. The van der Waals surface area contributed by atoms with Crippen molar-refractivity contribution in [1.82, 2.24) is 5.32 Å². The molecule has 1 aromatic rings. The minimum atomic E-state index is -0.0156. The Hall–Kier alpha value is -0.870. The van der Waals surface area contributed by atoms with E-state index in [1.54, 1.807) is 11.3 Å². The maximum Gasteiger partial charge on any atom is 0.221 e. The highest BCUT2D eigenvalue weighted by Gasteiger charge is 2.06. The van der Waals surface area contributed by atoms with Gasteiger partial charge < -0.3 is 10.6 Å². The summed E-state index contributed by atoms with van der Waals surface area (Å²) in [4.78, 5) is 12.1. The fourth-order valence-electron chi connectivity index (χ4n) is 1.19. The molecule has 0 aliphatic rings. The molecule has 1 atom stereocenters. The number of carbonyl (C=O) groups excluding carboxylic acids is 1. The van der Waals surface area contributed by atoms with Gasteiger partial charge in [-0.2, -0.15) is 0 Å². The van der Waals surface area contributed by atoms with Crippen molar-refractivity contribution in [3.8, 4) is 0 Å². The molecule has 0 radical (unpaired) electrons. The van der Waals surface area contributed by atoms with Gasteiger partial charge in [-0.15, -0.1) is 11.3 Å². The number of anilines is 1. The summed E-state index contributed by atoms with van der Waals surface area (Å²) < 4.78 is 0. The van der Waals surface area contributed by atoms with Gasteiger partial charge in [0.25, 0.3) is 0 Å². The van der Waals surface area contributed by atoms with Crippen LogP contribution in [0.15, 0.2) is 11.4 Å². The summed E-state index contributed by atoms with van der Waals surface area (Å²) in [5, 5.41) is 8.23. The molecule has 0 aromatic carbocycles. The fourth-order valence-corrected chi connectivity index (χ4v) is 1.97. The van der Waals surface area contributed by atoms with Crippen molar-refractivity contribution in [2.24, 2.45) is 0 Å². The van der Waals surface area contributed by atoms with Crippen molar-refractivity contribution >= 4 is 22.9 Å². The van der Waals surface area contributed by atoms with Gasteiger partial charge >= 0.3 is 0 Å². The van der Waals surface area contributed by atoms with Crippen LogP contribution in [-0.4, -0.2) is 11.9 Å². The maximum atomic E-state index is 10.9. The Bertz CT molecular complexity index is 322. The van der Waals surface area contributed by atoms with Crippen LogP contribution in [-0.2, 0) is 11.3 Å². The van der Waals surface area contributed by atoms with Crippen LogP contribution >= 0.6 is 11.3 Å². The molecule has 0 bridgehead atoms. The van der Waals surface area contributed by atoms with Gasteiger partial charge in [-0.25, -0.2) is 0 Å². The summed E-state index contributed by atoms with van der Waals surface area (Å²) in [6, 6.07) is 2.46. The lowest BCUT2D eigenvalue weighted by Gasteiger charge is -2.11. The van der Waals surface area contributed by atoms with E-state index in [9.17, 15) is 4.79 Å². The number of hydrogen-bond donors (Lipinski definition) is 2. The molecule has 1 aromatic heterocycles. The average molecular weight is 226 g/mol. The maximum absolute atomic E-state index is 10.9. The van der Waals surface area contributed by atoms with Crippen LogP contribution in [0.25, 0.3) is 0 Å². The minimum absolute atomic E-state index is 0.0156. The minimum Gasteiger partial charge on any atom is -0.325 e. The molecular weight excluding hydrogens is 208 g/mol. The second-order valence-corrected chi connectivity index (χ2v) is 4.63. The fraction of sp³-hybridized carbons (Fsp3) is 0.545. The molecule has 15 heavy (non-hydrogen) atoms. The lowest BCUT2D eigenvalue weighted by molar-refractivity contribution is -0.114. The van der Waals surface area contributed by atoms with Crippen LogP contribution in [0.4, 0.5) is 5.69 Å². The van der Waals surface area contributed by atoms with Crippen LogP contribution < -0.4 is 10.6 Å². The van der Waals surface area contributed by atoms with E-state index in [1.807, 2.05) is 11.4 Å². The van der Waals surface area contributed by atoms with E-state index >= 15 is 0 Å². The molecule has 0 aliphatic heterocycles. The number of nitrogens with one attached hydrogen (secondary N) is 2. The molecule has 0 saturated carbocycles. The lowest BCUT2D eigenvalue weighted by Crippen LogP contribution is -2.24. The topological polar surface area (TPSA) is 41.1 Å². The summed E-state index contributed by atoms with van der Waals surface area (Å²) in [5.74, 6) is -0.0156. The van der Waals surface area contributed by atoms with Crippen LogP contribution in [0, 0.1) is 0 Å². The molecule has 0 saturated heterocycles. The zero-order valence-electron chi connectivity index (χ0n) is 9.46. The predicted molar refractivity (Wildman–Crippen MR) is 65.2 cm³/mol. The first-order valence-electron chi connectivity index (χ1n) is 5.20. The summed E-state index contributed by atoms with van der Waals surface area (Å²) in [6.45, 7) is 6.67. The Kier molecular flexibility index (Phi) is 4.78. The molecule has 1 heterocycles. The third-order valence-electron chi connectivity index (χ3n) is 2.28.